The second-order valence-electron chi connectivity index (χ2n) is 6.93. The first-order valence-corrected chi connectivity index (χ1v) is 10.7. The predicted molar refractivity (Wildman–Crippen MR) is 125 cm³/mol. The fourth-order valence-corrected chi connectivity index (χ4v) is 3.80. The second-order valence-corrected chi connectivity index (χ2v) is 8.28. The number of carbonyl (C=O) groups excluding carboxylic acids is 1. The number of amides is 1. The van der Waals surface area contributed by atoms with Gasteiger partial charge in [-0.15, -0.1) is 10.2 Å². The van der Waals surface area contributed by atoms with E-state index >= 15 is 0 Å². The highest BCUT2D eigenvalue weighted by molar-refractivity contribution is 9.10. The molecule has 0 fully saturated rings. The molecule has 8 nitrogen and oxygen atoms in total. The van der Waals surface area contributed by atoms with Crippen LogP contribution in [0.5, 0.6) is 5.75 Å². The van der Waals surface area contributed by atoms with Crippen LogP contribution in [0, 0.1) is 6.92 Å². The van der Waals surface area contributed by atoms with Gasteiger partial charge in [0.2, 0.25) is 0 Å². The normalized spacial score (nSPS) is 11.0. The number of fused-ring (bicyclic) bond motifs is 1. The molecule has 0 saturated carbocycles. The van der Waals surface area contributed by atoms with Gasteiger partial charge in [0.05, 0.1) is 36.4 Å². The highest BCUT2D eigenvalue weighted by atomic mass is 79.9. The summed E-state index contributed by atoms with van der Waals surface area (Å²) >= 11 is 9.52. The minimum Gasteiger partial charge on any atom is -0.495 e. The summed E-state index contributed by atoms with van der Waals surface area (Å²) in [5, 5.41) is 16.4. The summed E-state index contributed by atoms with van der Waals surface area (Å²) in [6.45, 7) is 2.05. The molecular weight excluding hydrogens is 498 g/mol. The number of nitrogens with one attached hydrogen (secondary N) is 1. The van der Waals surface area contributed by atoms with Crippen LogP contribution in [-0.2, 0) is 11.3 Å². The lowest BCUT2D eigenvalue weighted by Gasteiger charge is -2.11. The van der Waals surface area contributed by atoms with E-state index in [0.717, 1.165) is 15.6 Å². The van der Waals surface area contributed by atoms with E-state index < -0.39 is 5.91 Å². The number of ether oxygens (including phenoxy) is 2. The number of methoxy groups -OCH3 is 2. The average Bonchev–Trinajstić information content (AvgIpc) is 3.14. The molecule has 0 radical (unpaired) electrons. The van der Waals surface area contributed by atoms with Gasteiger partial charge in [-0.3, -0.25) is 4.79 Å². The Bertz CT molecular complexity index is 1310. The molecule has 2 heterocycles. The maximum Gasteiger partial charge on any atom is 0.278 e. The van der Waals surface area contributed by atoms with Crippen molar-refractivity contribution in [2.75, 3.05) is 19.5 Å². The van der Waals surface area contributed by atoms with Crippen LogP contribution in [0.15, 0.2) is 46.9 Å². The molecule has 0 aliphatic rings. The van der Waals surface area contributed by atoms with Crippen molar-refractivity contribution in [3.8, 4) is 16.9 Å². The van der Waals surface area contributed by atoms with Crippen molar-refractivity contribution in [3.05, 3.63) is 69.0 Å². The summed E-state index contributed by atoms with van der Waals surface area (Å²) in [5.41, 5.74) is 4.06. The van der Waals surface area contributed by atoms with Gasteiger partial charge >= 0.3 is 0 Å². The minimum absolute atomic E-state index is 0.133. The monoisotopic (exact) mass is 515 g/mol. The molecule has 0 unspecified atom stereocenters. The highest BCUT2D eigenvalue weighted by Crippen LogP contribution is 2.31. The van der Waals surface area contributed by atoms with Crippen molar-refractivity contribution in [1.29, 1.82) is 0 Å². The van der Waals surface area contributed by atoms with Crippen molar-refractivity contribution >= 4 is 44.8 Å². The number of benzene rings is 2. The fourth-order valence-electron chi connectivity index (χ4n) is 3.37. The Labute approximate surface area is 197 Å². The predicted octanol–water partition coefficient (Wildman–Crippen LogP) is 4.92. The van der Waals surface area contributed by atoms with Crippen molar-refractivity contribution in [1.82, 2.24) is 19.8 Å². The third-order valence-electron chi connectivity index (χ3n) is 4.88. The van der Waals surface area contributed by atoms with Gasteiger partial charge in [0, 0.05) is 16.6 Å². The molecule has 0 aliphatic carbocycles. The first-order chi connectivity index (χ1) is 15.4. The standard InChI is InChI=1S/C22H19BrClN5O3/c1-12-20(22(30)25-16-10-15(24)8-9-18(16)32-3)26-27-21-19(13-4-6-14(23)7-5-13)17(11-31-2)28-29(12)21/h4-10H,11H2,1-3H3,(H,25,30). The van der Waals surface area contributed by atoms with Gasteiger partial charge in [-0.1, -0.05) is 39.7 Å². The maximum atomic E-state index is 13.0. The fraction of sp³-hybridized carbons (Fsp3) is 0.182. The molecule has 10 heteroatoms. The van der Waals surface area contributed by atoms with Crippen molar-refractivity contribution in [3.63, 3.8) is 0 Å². The molecule has 2 aromatic carbocycles. The number of hydrogen-bond donors (Lipinski definition) is 1. The zero-order chi connectivity index (χ0) is 22.8. The van der Waals surface area contributed by atoms with Crippen molar-refractivity contribution < 1.29 is 14.3 Å². The summed E-state index contributed by atoms with van der Waals surface area (Å²) in [6, 6.07) is 12.8. The topological polar surface area (TPSA) is 90.6 Å². The number of aromatic nitrogens is 4. The molecule has 1 amide bonds. The quantitative estimate of drug-likeness (QED) is 0.391. The molecule has 32 heavy (non-hydrogen) atoms. The van der Waals surface area contributed by atoms with Gasteiger partial charge < -0.3 is 14.8 Å². The molecule has 0 bridgehead atoms. The van der Waals surface area contributed by atoms with Crippen LogP contribution in [0.25, 0.3) is 16.8 Å². The van der Waals surface area contributed by atoms with E-state index in [-0.39, 0.29) is 12.3 Å². The molecule has 0 aliphatic heterocycles. The van der Waals surface area contributed by atoms with Crippen LogP contribution in [0.2, 0.25) is 5.02 Å². The molecule has 0 atom stereocenters. The molecule has 4 rings (SSSR count). The number of aryl methyl sites for hydroxylation is 1. The second kappa shape index (κ2) is 9.23. The molecule has 0 saturated heterocycles. The van der Waals surface area contributed by atoms with Crippen LogP contribution in [0.1, 0.15) is 21.9 Å². The lowest BCUT2D eigenvalue weighted by Crippen LogP contribution is -2.19. The molecule has 2 aromatic heterocycles. The first-order valence-electron chi connectivity index (χ1n) is 9.57. The van der Waals surface area contributed by atoms with Gasteiger partial charge in [0.15, 0.2) is 11.3 Å². The lowest BCUT2D eigenvalue weighted by molar-refractivity contribution is 0.101. The van der Waals surface area contributed by atoms with Crippen LogP contribution in [0.4, 0.5) is 5.69 Å². The largest absolute Gasteiger partial charge is 0.495 e. The van der Waals surface area contributed by atoms with E-state index in [1.54, 1.807) is 36.7 Å². The van der Waals surface area contributed by atoms with Gasteiger partial charge in [-0.05, 0) is 42.8 Å². The molecule has 1 N–H and O–H groups in total. The van der Waals surface area contributed by atoms with Crippen LogP contribution >= 0.6 is 27.5 Å². The summed E-state index contributed by atoms with van der Waals surface area (Å²) in [6.07, 6.45) is 0. The molecule has 4 aromatic rings. The maximum absolute atomic E-state index is 13.0. The third-order valence-corrected chi connectivity index (χ3v) is 5.64. The number of hydrogen-bond acceptors (Lipinski definition) is 6. The van der Waals surface area contributed by atoms with E-state index in [1.165, 1.54) is 7.11 Å². The van der Waals surface area contributed by atoms with E-state index in [4.69, 9.17) is 21.1 Å². The Kier molecular flexibility index (Phi) is 6.40. The van der Waals surface area contributed by atoms with Gasteiger partial charge in [0.25, 0.3) is 5.91 Å². The zero-order valence-corrected chi connectivity index (χ0v) is 19.9. The molecular formula is C22H19BrClN5O3. The van der Waals surface area contributed by atoms with Crippen LogP contribution in [-0.4, -0.2) is 39.9 Å². The number of rotatable bonds is 6. The van der Waals surface area contributed by atoms with E-state index in [0.29, 0.717) is 33.5 Å². The summed E-state index contributed by atoms with van der Waals surface area (Å²) in [7, 11) is 3.12. The number of carbonyl (C=O) groups is 1. The molecule has 164 valence electrons. The van der Waals surface area contributed by atoms with Crippen molar-refractivity contribution in [2.45, 2.75) is 13.5 Å². The third kappa shape index (κ3) is 4.19. The Balaban J connectivity index is 1.78. The van der Waals surface area contributed by atoms with Crippen LogP contribution < -0.4 is 10.1 Å². The van der Waals surface area contributed by atoms with E-state index in [1.807, 2.05) is 24.3 Å². The Morgan fingerprint density at radius 3 is 2.59 bits per heavy atom. The van der Waals surface area contributed by atoms with Gasteiger partial charge in [-0.25, -0.2) is 4.52 Å². The number of nitrogens with zero attached hydrogens (tertiary/aromatic N) is 4. The smallest absolute Gasteiger partial charge is 0.278 e. The lowest BCUT2D eigenvalue weighted by atomic mass is 10.1. The summed E-state index contributed by atoms with van der Waals surface area (Å²) < 4.78 is 13.2. The van der Waals surface area contributed by atoms with E-state index in [2.05, 4.69) is 36.5 Å². The average molecular weight is 517 g/mol. The Morgan fingerprint density at radius 1 is 1.16 bits per heavy atom. The Hall–Kier alpha value is -3.01. The zero-order valence-electron chi connectivity index (χ0n) is 17.5. The van der Waals surface area contributed by atoms with E-state index in [9.17, 15) is 4.79 Å². The minimum atomic E-state index is -0.452. The number of halogens is 2. The van der Waals surface area contributed by atoms with Gasteiger partial charge in [-0.2, -0.15) is 5.10 Å². The highest BCUT2D eigenvalue weighted by Gasteiger charge is 2.22. The Morgan fingerprint density at radius 2 is 1.91 bits per heavy atom. The van der Waals surface area contributed by atoms with Crippen LogP contribution in [0.3, 0.4) is 0 Å². The first kappa shape index (κ1) is 22.2. The van der Waals surface area contributed by atoms with Gasteiger partial charge in [0.1, 0.15) is 5.75 Å². The molecule has 0 spiro atoms. The van der Waals surface area contributed by atoms with Crippen molar-refractivity contribution in [2.24, 2.45) is 0 Å². The summed E-state index contributed by atoms with van der Waals surface area (Å²) in [4.78, 5) is 13.0. The summed E-state index contributed by atoms with van der Waals surface area (Å²) in [5.74, 6) is 0.0277. The SMILES string of the molecule is COCc1nn2c(C)c(C(=O)Nc3cc(Cl)ccc3OC)nnc2c1-c1ccc(Br)cc1. The number of anilines is 1.